The maximum absolute atomic E-state index is 12.4. The van der Waals surface area contributed by atoms with Crippen molar-refractivity contribution < 1.29 is 27.4 Å². The first-order valence-electron chi connectivity index (χ1n) is 10.2. The van der Waals surface area contributed by atoms with E-state index >= 15 is 0 Å². The monoisotopic (exact) mass is 451 g/mol. The predicted molar refractivity (Wildman–Crippen MR) is 112 cm³/mol. The van der Waals surface area contributed by atoms with Gasteiger partial charge < -0.3 is 24.6 Å². The van der Waals surface area contributed by atoms with Gasteiger partial charge in [-0.15, -0.1) is 13.2 Å². The van der Waals surface area contributed by atoms with Crippen LogP contribution in [0.1, 0.15) is 25.5 Å². The lowest BCUT2D eigenvalue weighted by Crippen LogP contribution is -2.50. The smallest absolute Gasteiger partial charge is 0.490 e. The number of fused-ring (bicyclic) bond motifs is 1. The van der Waals surface area contributed by atoms with Gasteiger partial charge in [0.2, 0.25) is 11.9 Å². The van der Waals surface area contributed by atoms with Crippen LogP contribution in [0.5, 0.6) is 11.5 Å². The molecule has 0 unspecified atom stereocenters. The van der Waals surface area contributed by atoms with E-state index in [1.807, 2.05) is 25.8 Å². The molecule has 2 heterocycles. The van der Waals surface area contributed by atoms with Gasteiger partial charge in [-0.1, -0.05) is 0 Å². The van der Waals surface area contributed by atoms with Gasteiger partial charge in [0.05, 0.1) is 5.69 Å². The molecule has 0 radical (unpaired) electrons. The lowest BCUT2D eigenvalue weighted by atomic mass is 9.89. The summed E-state index contributed by atoms with van der Waals surface area (Å²) in [6.45, 7) is 3.68. The van der Waals surface area contributed by atoms with Crippen molar-refractivity contribution in [2.45, 2.75) is 51.2 Å². The van der Waals surface area contributed by atoms with Crippen LogP contribution < -0.4 is 24.6 Å². The second-order valence-corrected chi connectivity index (χ2v) is 8.06. The number of carbonyl (C=O) groups excluding carboxylic acids is 1. The Morgan fingerprint density at radius 2 is 1.72 bits per heavy atom. The molecule has 1 fully saturated rings. The van der Waals surface area contributed by atoms with Crippen LogP contribution in [0.25, 0.3) is 0 Å². The van der Waals surface area contributed by atoms with Gasteiger partial charge in [0, 0.05) is 33.0 Å². The largest absolute Gasteiger partial charge is 0.573 e. The Bertz CT molecular complexity index is 1010. The van der Waals surface area contributed by atoms with Gasteiger partial charge in [0.1, 0.15) is 29.3 Å². The van der Waals surface area contributed by atoms with Crippen LogP contribution >= 0.6 is 0 Å². The molecular formula is C21H24F3N5O3. The zero-order valence-corrected chi connectivity index (χ0v) is 18.1. The fraction of sp³-hybridized carbons (Fsp3) is 0.476. The molecular weight excluding hydrogens is 427 g/mol. The zero-order valence-electron chi connectivity index (χ0n) is 18.1. The summed E-state index contributed by atoms with van der Waals surface area (Å²) in [5.41, 5.74) is 1.41. The van der Waals surface area contributed by atoms with E-state index in [4.69, 9.17) is 4.74 Å². The van der Waals surface area contributed by atoms with Crippen LogP contribution in [-0.4, -0.2) is 54.5 Å². The van der Waals surface area contributed by atoms with Crippen LogP contribution in [-0.2, 0) is 4.79 Å². The first-order chi connectivity index (χ1) is 15.0. The minimum atomic E-state index is -4.72. The molecule has 4 rings (SSSR count). The first-order valence-corrected chi connectivity index (χ1v) is 10.2. The van der Waals surface area contributed by atoms with Crippen molar-refractivity contribution in [3.8, 4) is 11.5 Å². The maximum atomic E-state index is 12.4. The lowest BCUT2D eigenvalue weighted by molar-refractivity contribution is -0.274. The Morgan fingerprint density at radius 3 is 2.34 bits per heavy atom. The molecule has 1 N–H and O–H groups in total. The van der Waals surface area contributed by atoms with Crippen molar-refractivity contribution in [1.29, 1.82) is 0 Å². The fourth-order valence-electron chi connectivity index (χ4n) is 3.87. The Morgan fingerprint density at radius 1 is 1.09 bits per heavy atom. The Labute approximate surface area is 183 Å². The van der Waals surface area contributed by atoms with E-state index in [1.54, 1.807) is 11.9 Å². The van der Waals surface area contributed by atoms with Crippen LogP contribution in [0.15, 0.2) is 24.3 Å². The minimum Gasteiger partial charge on any atom is -0.490 e. The summed E-state index contributed by atoms with van der Waals surface area (Å²) in [7, 11) is 3.56. The number of halogens is 3. The van der Waals surface area contributed by atoms with Crippen molar-refractivity contribution in [2.24, 2.45) is 0 Å². The van der Waals surface area contributed by atoms with Gasteiger partial charge >= 0.3 is 6.36 Å². The van der Waals surface area contributed by atoms with Gasteiger partial charge in [0.15, 0.2) is 5.82 Å². The summed E-state index contributed by atoms with van der Waals surface area (Å²) < 4.78 is 46.4. The number of nitrogens with zero attached hydrogens (tertiary/aromatic N) is 4. The number of benzene rings is 1. The Hall–Kier alpha value is -3.24. The average Bonchev–Trinajstić information content (AvgIpc) is 2.69. The summed E-state index contributed by atoms with van der Waals surface area (Å²) in [6.07, 6.45) is -3.38. The maximum Gasteiger partial charge on any atom is 0.573 e. The van der Waals surface area contributed by atoms with Crippen LogP contribution in [0.2, 0.25) is 0 Å². The van der Waals surface area contributed by atoms with Gasteiger partial charge in [-0.05, 0) is 38.1 Å². The highest BCUT2D eigenvalue weighted by atomic mass is 19.4. The highest BCUT2D eigenvalue weighted by Crippen LogP contribution is 2.36. The number of likely N-dealkylation sites (N-methyl/N-ethyl adjacent to an activating group) is 2. The molecule has 8 nitrogen and oxygen atoms in total. The molecule has 0 saturated heterocycles. The molecule has 1 amide bonds. The third-order valence-corrected chi connectivity index (χ3v) is 5.77. The second kappa shape index (κ2) is 8.03. The molecule has 0 spiro atoms. The van der Waals surface area contributed by atoms with E-state index in [-0.39, 0.29) is 29.8 Å². The zero-order chi connectivity index (χ0) is 23.2. The summed E-state index contributed by atoms with van der Waals surface area (Å²) in [5, 5.41) is 3.30. The molecule has 11 heteroatoms. The third-order valence-electron chi connectivity index (χ3n) is 5.77. The Balaban J connectivity index is 1.35. The van der Waals surface area contributed by atoms with Crippen molar-refractivity contribution in [2.75, 3.05) is 29.2 Å². The second-order valence-electron chi connectivity index (χ2n) is 8.06. The first kappa shape index (κ1) is 22.0. The molecule has 1 saturated carbocycles. The van der Waals surface area contributed by atoms with Gasteiger partial charge in [-0.2, -0.15) is 4.98 Å². The number of nitrogens with one attached hydrogen (secondary N) is 1. The Kier molecular flexibility index (Phi) is 5.51. The van der Waals surface area contributed by atoms with Crippen molar-refractivity contribution in [1.82, 2.24) is 9.97 Å². The number of ether oxygens (including phenoxy) is 2. The predicted octanol–water partition coefficient (Wildman–Crippen LogP) is 3.51. The SMILES string of the molecule is Cc1nc(NC2CC(Oc3ccc(OC(F)(F)F)cc3)C2)nc2c1N(C)C(=O)[C@H](C)N2C. The number of aromatic nitrogens is 2. The van der Waals surface area contributed by atoms with E-state index in [9.17, 15) is 18.0 Å². The number of carbonyl (C=O) groups is 1. The normalized spacial score (nSPS) is 22.8. The highest BCUT2D eigenvalue weighted by Gasteiger charge is 2.36. The molecule has 172 valence electrons. The summed E-state index contributed by atoms with van der Waals surface area (Å²) in [5.74, 6) is 1.36. The summed E-state index contributed by atoms with van der Waals surface area (Å²) >= 11 is 0. The molecule has 1 aromatic carbocycles. The molecule has 2 aromatic rings. The molecule has 1 aliphatic heterocycles. The van der Waals surface area contributed by atoms with Crippen LogP contribution in [0.4, 0.5) is 30.6 Å². The number of anilines is 3. The molecule has 2 aliphatic rings. The van der Waals surface area contributed by atoms with E-state index < -0.39 is 6.36 Å². The average molecular weight is 451 g/mol. The van der Waals surface area contributed by atoms with Crippen molar-refractivity contribution in [3.05, 3.63) is 30.0 Å². The molecule has 32 heavy (non-hydrogen) atoms. The quantitative estimate of drug-likeness (QED) is 0.745. The number of aryl methyl sites for hydroxylation is 1. The number of rotatable bonds is 5. The van der Waals surface area contributed by atoms with E-state index in [1.165, 1.54) is 24.3 Å². The lowest BCUT2D eigenvalue weighted by Gasteiger charge is -2.38. The molecule has 1 aliphatic carbocycles. The summed E-state index contributed by atoms with van der Waals surface area (Å²) in [4.78, 5) is 24.9. The molecule has 0 bridgehead atoms. The van der Waals surface area contributed by atoms with Crippen molar-refractivity contribution >= 4 is 23.4 Å². The summed E-state index contributed by atoms with van der Waals surface area (Å²) in [6, 6.07) is 5.14. The van der Waals surface area contributed by atoms with E-state index in [0.717, 1.165) is 0 Å². The number of amides is 1. The number of hydrogen-bond acceptors (Lipinski definition) is 7. The number of alkyl halides is 3. The van der Waals surface area contributed by atoms with Crippen LogP contribution in [0, 0.1) is 6.92 Å². The molecule has 1 aromatic heterocycles. The van der Waals surface area contributed by atoms with Gasteiger partial charge in [0.25, 0.3) is 0 Å². The van der Waals surface area contributed by atoms with Crippen molar-refractivity contribution in [3.63, 3.8) is 0 Å². The third kappa shape index (κ3) is 4.37. The minimum absolute atomic E-state index is 0.00982. The fourth-order valence-corrected chi connectivity index (χ4v) is 3.87. The topological polar surface area (TPSA) is 79.8 Å². The van der Waals surface area contributed by atoms with Gasteiger partial charge in [-0.3, -0.25) is 4.79 Å². The standard InChI is InChI=1S/C21H24F3N5O3/c1-11-17-18(28(3)12(2)19(30)29(17)4)27-20(25-11)26-13-9-16(10-13)31-14-5-7-15(8-6-14)32-21(22,23)24/h5-8,12-13,16H,9-10H2,1-4H3,(H,25,26,27)/t12-,13?,16?/m0/s1. The van der Waals surface area contributed by atoms with Gasteiger partial charge in [-0.25, -0.2) is 4.98 Å². The number of hydrogen-bond donors (Lipinski definition) is 1. The van der Waals surface area contributed by atoms with E-state index in [0.29, 0.717) is 41.7 Å². The molecule has 1 atom stereocenters. The van der Waals surface area contributed by atoms with Crippen LogP contribution in [0.3, 0.4) is 0 Å². The highest BCUT2D eigenvalue weighted by molar-refractivity contribution is 6.04. The van der Waals surface area contributed by atoms with E-state index in [2.05, 4.69) is 20.0 Å².